The second-order valence-corrected chi connectivity index (χ2v) is 5.29. The van der Waals surface area contributed by atoms with Gasteiger partial charge in [0.2, 0.25) is 5.24 Å². The Bertz CT molecular complexity index is 647. The highest BCUT2D eigenvalue weighted by Crippen LogP contribution is 2.16. The molecule has 21 heavy (non-hydrogen) atoms. The standard InChI is InChI=1S/C17H15ClO3/c18-16(19)11-15-4-2-1-3-14(15)9-12-5-7-13(8-6-12)10-17(20)21/h1-8H,9-11H2,(H,20,21). The highest BCUT2D eigenvalue weighted by atomic mass is 35.5. The van der Waals surface area contributed by atoms with Gasteiger partial charge in [0.15, 0.2) is 0 Å². The SMILES string of the molecule is O=C(O)Cc1ccc(Cc2ccccc2CC(=O)Cl)cc1. The fourth-order valence-corrected chi connectivity index (χ4v) is 2.37. The van der Waals surface area contributed by atoms with Gasteiger partial charge in [-0.2, -0.15) is 0 Å². The van der Waals surface area contributed by atoms with Crippen molar-refractivity contribution in [1.29, 1.82) is 0 Å². The molecule has 0 spiro atoms. The van der Waals surface area contributed by atoms with E-state index in [1.54, 1.807) is 0 Å². The Balaban J connectivity index is 2.14. The molecule has 0 amide bonds. The van der Waals surface area contributed by atoms with E-state index in [9.17, 15) is 9.59 Å². The maximum atomic E-state index is 11.1. The van der Waals surface area contributed by atoms with Crippen LogP contribution in [0, 0.1) is 0 Å². The number of carbonyl (C=O) groups is 2. The molecule has 0 heterocycles. The van der Waals surface area contributed by atoms with Crippen LogP contribution < -0.4 is 0 Å². The molecule has 2 aromatic carbocycles. The molecule has 0 saturated carbocycles. The van der Waals surface area contributed by atoms with E-state index in [0.717, 1.165) is 22.3 Å². The fraction of sp³-hybridized carbons (Fsp3) is 0.176. The normalized spacial score (nSPS) is 10.3. The van der Waals surface area contributed by atoms with Crippen LogP contribution in [0.5, 0.6) is 0 Å². The van der Waals surface area contributed by atoms with Gasteiger partial charge in [0, 0.05) is 6.42 Å². The van der Waals surface area contributed by atoms with E-state index < -0.39 is 5.97 Å². The van der Waals surface area contributed by atoms with Crippen molar-refractivity contribution >= 4 is 22.8 Å². The summed E-state index contributed by atoms with van der Waals surface area (Å²) in [6, 6.07) is 15.1. The summed E-state index contributed by atoms with van der Waals surface area (Å²) in [5.41, 5.74) is 3.82. The van der Waals surface area contributed by atoms with Crippen molar-refractivity contribution < 1.29 is 14.7 Å². The summed E-state index contributed by atoms with van der Waals surface area (Å²) in [7, 11) is 0. The molecule has 0 radical (unpaired) electrons. The number of rotatable bonds is 6. The minimum absolute atomic E-state index is 0.0254. The summed E-state index contributed by atoms with van der Waals surface area (Å²) in [5, 5.41) is 8.37. The van der Waals surface area contributed by atoms with Crippen LogP contribution in [0.25, 0.3) is 0 Å². The van der Waals surface area contributed by atoms with E-state index >= 15 is 0 Å². The Morgan fingerprint density at radius 1 is 0.857 bits per heavy atom. The van der Waals surface area contributed by atoms with Crippen molar-refractivity contribution in [2.45, 2.75) is 19.3 Å². The molecule has 4 heteroatoms. The Labute approximate surface area is 128 Å². The first kappa shape index (κ1) is 15.3. The topological polar surface area (TPSA) is 54.4 Å². The molecule has 0 fully saturated rings. The minimum atomic E-state index is -0.839. The van der Waals surface area contributed by atoms with Crippen molar-refractivity contribution in [3.8, 4) is 0 Å². The maximum absolute atomic E-state index is 11.1. The quantitative estimate of drug-likeness (QED) is 0.834. The number of halogens is 1. The zero-order valence-corrected chi connectivity index (χ0v) is 12.1. The van der Waals surface area contributed by atoms with Crippen molar-refractivity contribution in [1.82, 2.24) is 0 Å². The number of aliphatic carboxylic acids is 1. The third-order valence-electron chi connectivity index (χ3n) is 3.22. The summed E-state index contributed by atoms with van der Waals surface area (Å²) in [6.07, 6.45) is 0.931. The number of carbonyl (C=O) groups excluding carboxylic acids is 1. The lowest BCUT2D eigenvalue weighted by Gasteiger charge is -2.08. The second kappa shape index (κ2) is 7.04. The van der Waals surface area contributed by atoms with Crippen LogP contribution in [-0.2, 0) is 28.9 Å². The minimum Gasteiger partial charge on any atom is -0.481 e. The third-order valence-corrected chi connectivity index (χ3v) is 3.35. The number of hydrogen-bond acceptors (Lipinski definition) is 2. The molecule has 0 aliphatic heterocycles. The first-order valence-electron chi connectivity index (χ1n) is 6.59. The molecular formula is C17H15ClO3. The van der Waals surface area contributed by atoms with Gasteiger partial charge in [0.25, 0.3) is 0 Å². The molecule has 0 aliphatic rings. The Morgan fingerprint density at radius 2 is 1.43 bits per heavy atom. The molecule has 0 unspecified atom stereocenters. The van der Waals surface area contributed by atoms with E-state index in [1.165, 1.54) is 0 Å². The van der Waals surface area contributed by atoms with Crippen molar-refractivity contribution in [3.63, 3.8) is 0 Å². The van der Waals surface area contributed by atoms with Crippen LogP contribution in [0.2, 0.25) is 0 Å². The molecule has 0 bridgehead atoms. The van der Waals surface area contributed by atoms with E-state index in [1.807, 2.05) is 48.5 Å². The summed E-state index contributed by atoms with van der Waals surface area (Å²) >= 11 is 5.46. The monoisotopic (exact) mass is 302 g/mol. The number of benzene rings is 2. The average molecular weight is 303 g/mol. The van der Waals surface area contributed by atoms with E-state index in [-0.39, 0.29) is 18.1 Å². The maximum Gasteiger partial charge on any atom is 0.307 e. The highest BCUT2D eigenvalue weighted by Gasteiger charge is 2.07. The first-order chi connectivity index (χ1) is 10.0. The summed E-state index contributed by atoms with van der Waals surface area (Å²) in [4.78, 5) is 21.7. The summed E-state index contributed by atoms with van der Waals surface area (Å²) in [5.74, 6) is -0.839. The molecule has 2 aromatic rings. The van der Waals surface area contributed by atoms with Crippen molar-refractivity contribution in [2.24, 2.45) is 0 Å². The van der Waals surface area contributed by atoms with Gasteiger partial charge < -0.3 is 5.11 Å². The van der Waals surface area contributed by atoms with Gasteiger partial charge in [-0.3, -0.25) is 9.59 Å². The lowest BCUT2D eigenvalue weighted by molar-refractivity contribution is -0.136. The van der Waals surface area contributed by atoms with Crippen LogP contribution in [0.1, 0.15) is 22.3 Å². The summed E-state index contributed by atoms with van der Waals surface area (Å²) < 4.78 is 0. The smallest absolute Gasteiger partial charge is 0.307 e. The molecule has 0 saturated heterocycles. The Hall–Kier alpha value is -2.13. The molecule has 0 aromatic heterocycles. The van der Waals surface area contributed by atoms with Crippen molar-refractivity contribution in [2.75, 3.05) is 0 Å². The van der Waals surface area contributed by atoms with Gasteiger partial charge in [0.1, 0.15) is 0 Å². The van der Waals surface area contributed by atoms with Crippen LogP contribution in [0.3, 0.4) is 0 Å². The van der Waals surface area contributed by atoms with Gasteiger partial charge in [-0.15, -0.1) is 0 Å². The number of carboxylic acid groups (broad SMARTS) is 1. The van der Waals surface area contributed by atoms with Crippen LogP contribution >= 0.6 is 11.6 Å². The molecular weight excluding hydrogens is 288 g/mol. The van der Waals surface area contributed by atoms with Crippen molar-refractivity contribution in [3.05, 3.63) is 70.8 Å². The predicted octanol–water partition coefficient (Wildman–Crippen LogP) is 3.21. The van der Waals surface area contributed by atoms with Gasteiger partial charge >= 0.3 is 5.97 Å². The van der Waals surface area contributed by atoms with Crippen LogP contribution in [0.4, 0.5) is 0 Å². The summed E-state index contributed by atoms with van der Waals surface area (Å²) in [6.45, 7) is 0. The predicted molar refractivity (Wildman–Crippen MR) is 81.6 cm³/mol. The highest BCUT2D eigenvalue weighted by molar-refractivity contribution is 6.63. The Kier molecular flexibility index (Phi) is 5.12. The van der Waals surface area contributed by atoms with E-state index in [0.29, 0.717) is 6.42 Å². The molecule has 0 atom stereocenters. The zero-order valence-electron chi connectivity index (χ0n) is 11.4. The Morgan fingerprint density at radius 3 is 2.00 bits per heavy atom. The largest absolute Gasteiger partial charge is 0.481 e. The molecule has 108 valence electrons. The molecule has 0 aliphatic carbocycles. The third kappa shape index (κ3) is 4.72. The number of carboxylic acids is 1. The molecule has 2 rings (SSSR count). The first-order valence-corrected chi connectivity index (χ1v) is 6.97. The van der Waals surface area contributed by atoms with Gasteiger partial charge in [0.05, 0.1) is 6.42 Å². The van der Waals surface area contributed by atoms with Crippen LogP contribution in [-0.4, -0.2) is 16.3 Å². The zero-order chi connectivity index (χ0) is 15.2. The van der Waals surface area contributed by atoms with Gasteiger partial charge in [-0.25, -0.2) is 0 Å². The van der Waals surface area contributed by atoms with Gasteiger partial charge in [-0.1, -0.05) is 48.5 Å². The van der Waals surface area contributed by atoms with Gasteiger partial charge in [-0.05, 0) is 40.3 Å². The number of hydrogen-bond donors (Lipinski definition) is 1. The average Bonchev–Trinajstić information content (AvgIpc) is 2.42. The van der Waals surface area contributed by atoms with Crippen LogP contribution in [0.15, 0.2) is 48.5 Å². The lowest BCUT2D eigenvalue weighted by Crippen LogP contribution is -2.01. The molecule has 3 nitrogen and oxygen atoms in total. The second-order valence-electron chi connectivity index (χ2n) is 4.86. The van der Waals surface area contributed by atoms with E-state index in [2.05, 4.69) is 0 Å². The lowest BCUT2D eigenvalue weighted by atomic mass is 9.97. The fourth-order valence-electron chi connectivity index (χ4n) is 2.22. The van der Waals surface area contributed by atoms with E-state index in [4.69, 9.17) is 16.7 Å². The molecule has 1 N–H and O–H groups in total.